The standard InChI is InChI=1S/C20H16BrNO4/c1-25-15-7-5-12(6-8-15)16-10-18(23)22(14-4-2-3-13(21)9-14)17-11-26-20(24)19(16)17/h2-9,16H,10-11H2,1H3/t16-/m0/s1. The molecule has 0 aromatic heterocycles. The molecule has 2 aliphatic rings. The zero-order chi connectivity index (χ0) is 18.3. The summed E-state index contributed by atoms with van der Waals surface area (Å²) in [4.78, 5) is 27.0. The second-order valence-corrected chi connectivity index (χ2v) is 7.09. The summed E-state index contributed by atoms with van der Waals surface area (Å²) in [6, 6.07) is 14.9. The van der Waals surface area contributed by atoms with Crippen molar-refractivity contribution in [3.8, 4) is 5.75 Å². The monoisotopic (exact) mass is 413 g/mol. The molecule has 0 saturated heterocycles. The second kappa shape index (κ2) is 6.61. The van der Waals surface area contributed by atoms with Crippen molar-refractivity contribution in [1.29, 1.82) is 0 Å². The van der Waals surface area contributed by atoms with Gasteiger partial charge in [-0.15, -0.1) is 0 Å². The normalized spacial score (nSPS) is 19.5. The van der Waals surface area contributed by atoms with E-state index in [9.17, 15) is 9.59 Å². The van der Waals surface area contributed by atoms with E-state index in [0.29, 0.717) is 11.3 Å². The summed E-state index contributed by atoms with van der Waals surface area (Å²) >= 11 is 3.43. The van der Waals surface area contributed by atoms with Crippen LogP contribution >= 0.6 is 15.9 Å². The summed E-state index contributed by atoms with van der Waals surface area (Å²) in [5, 5.41) is 0. The van der Waals surface area contributed by atoms with Gasteiger partial charge in [-0.05, 0) is 35.9 Å². The van der Waals surface area contributed by atoms with Gasteiger partial charge in [0.25, 0.3) is 0 Å². The molecule has 2 aromatic rings. The van der Waals surface area contributed by atoms with Crippen LogP contribution in [-0.4, -0.2) is 25.6 Å². The highest BCUT2D eigenvalue weighted by atomic mass is 79.9. The Morgan fingerprint density at radius 2 is 1.92 bits per heavy atom. The number of hydrogen-bond donors (Lipinski definition) is 0. The Kier molecular flexibility index (Phi) is 4.28. The number of anilines is 1. The lowest BCUT2D eigenvalue weighted by atomic mass is 9.84. The molecule has 2 heterocycles. The predicted octanol–water partition coefficient (Wildman–Crippen LogP) is 3.79. The van der Waals surface area contributed by atoms with Crippen LogP contribution in [0.2, 0.25) is 0 Å². The summed E-state index contributed by atoms with van der Waals surface area (Å²) in [5.41, 5.74) is 2.82. The van der Waals surface area contributed by atoms with Gasteiger partial charge in [0.2, 0.25) is 5.91 Å². The molecular weight excluding hydrogens is 398 g/mol. The summed E-state index contributed by atoms with van der Waals surface area (Å²) in [5.74, 6) is 0.0194. The van der Waals surface area contributed by atoms with Crippen LogP contribution in [0.1, 0.15) is 17.9 Å². The summed E-state index contributed by atoms with van der Waals surface area (Å²) < 4.78 is 11.3. The zero-order valence-corrected chi connectivity index (χ0v) is 15.7. The van der Waals surface area contributed by atoms with E-state index in [0.717, 1.165) is 21.5 Å². The number of esters is 1. The van der Waals surface area contributed by atoms with Crippen molar-refractivity contribution in [2.45, 2.75) is 12.3 Å². The highest BCUT2D eigenvalue weighted by Crippen LogP contribution is 2.42. The number of halogens is 1. The Morgan fingerprint density at radius 3 is 2.62 bits per heavy atom. The van der Waals surface area contributed by atoms with E-state index in [1.54, 1.807) is 12.0 Å². The Labute approximate surface area is 159 Å². The highest BCUT2D eigenvalue weighted by Gasteiger charge is 2.42. The van der Waals surface area contributed by atoms with Gasteiger partial charge in [0.05, 0.1) is 18.4 Å². The minimum absolute atomic E-state index is 0.0547. The van der Waals surface area contributed by atoms with Crippen molar-refractivity contribution in [3.05, 3.63) is 69.8 Å². The van der Waals surface area contributed by atoms with Crippen molar-refractivity contribution >= 4 is 33.5 Å². The molecule has 26 heavy (non-hydrogen) atoms. The van der Waals surface area contributed by atoms with Crippen LogP contribution in [0.3, 0.4) is 0 Å². The molecule has 0 N–H and O–H groups in total. The first-order valence-corrected chi connectivity index (χ1v) is 9.00. The lowest BCUT2D eigenvalue weighted by molar-refractivity contribution is -0.136. The molecule has 5 nitrogen and oxygen atoms in total. The summed E-state index contributed by atoms with van der Waals surface area (Å²) in [6.07, 6.45) is 0.215. The molecule has 0 bridgehead atoms. The molecule has 0 saturated carbocycles. The van der Waals surface area contributed by atoms with Crippen LogP contribution in [0, 0.1) is 0 Å². The van der Waals surface area contributed by atoms with E-state index in [1.165, 1.54) is 0 Å². The van der Waals surface area contributed by atoms with Gasteiger partial charge in [0, 0.05) is 22.5 Å². The van der Waals surface area contributed by atoms with Crippen molar-refractivity contribution in [2.75, 3.05) is 18.6 Å². The number of carbonyl (C=O) groups is 2. The van der Waals surface area contributed by atoms with Crippen LogP contribution in [0.25, 0.3) is 0 Å². The molecule has 2 aliphatic heterocycles. The zero-order valence-electron chi connectivity index (χ0n) is 14.1. The third-order valence-corrected chi connectivity index (χ3v) is 5.20. The maximum Gasteiger partial charge on any atom is 0.336 e. The van der Waals surface area contributed by atoms with E-state index in [2.05, 4.69) is 15.9 Å². The van der Waals surface area contributed by atoms with Gasteiger partial charge in [-0.1, -0.05) is 34.1 Å². The molecule has 0 aliphatic carbocycles. The highest BCUT2D eigenvalue weighted by molar-refractivity contribution is 9.10. The molecule has 0 fully saturated rings. The number of hydrogen-bond acceptors (Lipinski definition) is 4. The third kappa shape index (κ3) is 2.80. The largest absolute Gasteiger partial charge is 0.497 e. The minimum atomic E-state index is -0.353. The average molecular weight is 414 g/mol. The Morgan fingerprint density at radius 1 is 1.15 bits per heavy atom. The average Bonchev–Trinajstić information content (AvgIpc) is 3.02. The Hall–Kier alpha value is -2.60. The van der Waals surface area contributed by atoms with Gasteiger partial charge in [0.1, 0.15) is 12.4 Å². The number of cyclic esters (lactones) is 1. The summed E-state index contributed by atoms with van der Waals surface area (Å²) in [6.45, 7) is 0.110. The Balaban J connectivity index is 1.80. The molecule has 4 rings (SSSR count). The van der Waals surface area contributed by atoms with Gasteiger partial charge in [0.15, 0.2) is 0 Å². The van der Waals surface area contributed by atoms with E-state index < -0.39 is 0 Å². The third-order valence-electron chi connectivity index (χ3n) is 4.70. The first-order chi connectivity index (χ1) is 12.6. The van der Waals surface area contributed by atoms with E-state index in [-0.39, 0.29) is 30.8 Å². The van der Waals surface area contributed by atoms with Gasteiger partial charge in [-0.25, -0.2) is 4.79 Å². The molecule has 0 unspecified atom stereocenters. The van der Waals surface area contributed by atoms with Gasteiger partial charge in [-0.2, -0.15) is 0 Å². The molecule has 1 atom stereocenters. The SMILES string of the molecule is COc1ccc([C@@H]2CC(=O)N(c3cccc(Br)c3)C3=C2C(=O)OC3)cc1. The van der Waals surface area contributed by atoms with Crippen LogP contribution < -0.4 is 9.64 Å². The van der Waals surface area contributed by atoms with Crippen molar-refractivity contribution in [3.63, 3.8) is 0 Å². The number of nitrogens with zero attached hydrogens (tertiary/aromatic N) is 1. The smallest absolute Gasteiger partial charge is 0.336 e. The minimum Gasteiger partial charge on any atom is -0.497 e. The fraction of sp³-hybridized carbons (Fsp3) is 0.200. The number of amides is 1. The van der Waals surface area contributed by atoms with Crippen LogP contribution in [0.15, 0.2) is 64.3 Å². The lowest BCUT2D eigenvalue weighted by Crippen LogP contribution is -2.37. The topological polar surface area (TPSA) is 55.8 Å². The molecule has 0 spiro atoms. The predicted molar refractivity (Wildman–Crippen MR) is 100.0 cm³/mol. The quantitative estimate of drug-likeness (QED) is 0.718. The van der Waals surface area contributed by atoms with E-state index >= 15 is 0 Å². The lowest BCUT2D eigenvalue weighted by Gasteiger charge is -2.32. The maximum atomic E-state index is 12.9. The molecule has 1 amide bonds. The van der Waals surface area contributed by atoms with Crippen molar-refractivity contribution < 1.29 is 19.1 Å². The number of carbonyl (C=O) groups excluding carboxylic acids is 2. The molecule has 0 radical (unpaired) electrons. The maximum absolute atomic E-state index is 12.9. The first-order valence-electron chi connectivity index (χ1n) is 8.21. The molecular formula is C20H16BrNO4. The second-order valence-electron chi connectivity index (χ2n) is 6.18. The number of methoxy groups -OCH3 is 1. The van der Waals surface area contributed by atoms with E-state index in [1.807, 2.05) is 48.5 Å². The fourth-order valence-corrected chi connectivity index (χ4v) is 3.88. The molecule has 2 aromatic carbocycles. The van der Waals surface area contributed by atoms with Gasteiger partial charge in [-0.3, -0.25) is 9.69 Å². The number of ether oxygens (including phenoxy) is 2. The summed E-state index contributed by atoms with van der Waals surface area (Å²) in [7, 11) is 1.60. The van der Waals surface area contributed by atoms with Crippen molar-refractivity contribution in [1.82, 2.24) is 0 Å². The van der Waals surface area contributed by atoms with Crippen LogP contribution in [0.4, 0.5) is 5.69 Å². The van der Waals surface area contributed by atoms with Gasteiger partial charge >= 0.3 is 5.97 Å². The fourth-order valence-electron chi connectivity index (χ4n) is 3.49. The van der Waals surface area contributed by atoms with Gasteiger partial charge < -0.3 is 9.47 Å². The molecule has 132 valence electrons. The Bertz CT molecular complexity index is 920. The van der Waals surface area contributed by atoms with E-state index in [4.69, 9.17) is 9.47 Å². The number of benzene rings is 2. The van der Waals surface area contributed by atoms with Crippen LogP contribution in [0.5, 0.6) is 5.75 Å². The van der Waals surface area contributed by atoms with Crippen LogP contribution in [-0.2, 0) is 14.3 Å². The number of rotatable bonds is 3. The first kappa shape index (κ1) is 16.8. The van der Waals surface area contributed by atoms with Crippen molar-refractivity contribution in [2.24, 2.45) is 0 Å². The molecule has 6 heteroatoms.